The van der Waals surface area contributed by atoms with Crippen LogP contribution >= 0.6 is 22.9 Å². The van der Waals surface area contributed by atoms with Crippen LogP contribution in [0.1, 0.15) is 44.7 Å². The van der Waals surface area contributed by atoms with E-state index in [-0.39, 0.29) is 5.41 Å². The second-order valence-electron chi connectivity index (χ2n) is 5.67. The molecule has 0 atom stereocenters. The number of hydrogen-bond donors (Lipinski definition) is 0. The third kappa shape index (κ3) is 3.54. The van der Waals surface area contributed by atoms with Gasteiger partial charge in [-0.1, -0.05) is 45.7 Å². The Morgan fingerprint density at radius 2 is 1.95 bits per heavy atom. The summed E-state index contributed by atoms with van der Waals surface area (Å²) in [7, 11) is 0. The quantitative estimate of drug-likeness (QED) is 0.735. The molecular weight excluding hydrogens is 276 g/mol. The fourth-order valence-corrected chi connectivity index (χ4v) is 3.02. The zero-order valence-corrected chi connectivity index (χ0v) is 13.4. The molecule has 2 rings (SSSR count). The Hall–Kier alpha value is -0.930. The molecule has 0 N–H and O–H groups in total. The number of nitrogens with zero attached hydrogens (tertiary/aromatic N) is 2. The fourth-order valence-electron chi connectivity index (χ4n) is 1.82. The van der Waals surface area contributed by atoms with E-state index in [1.807, 2.05) is 6.07 Å². The molecule has 2 aromatic heterocycles. The minimum atomic E-state index is 0.160. The van der Waals surface area contributed by atoms with Crippen LogP contribution in [-0.2, 0) is 11.8 Å². The number of hydrogen-bond acceptors (Lipinski definition) is 3. The lowest BCUT2D eigenvalue weighted by molar-refractivity contribution is 0.604. The second-order valence-corrected chi connectivity index (χ2v) is 7.14. The van der Waals surface area contributed by atoms with E-state index in [0.29, 0.717) is 5.15 Å². The fraction of sp³-hybridized carbons (Fsp3) is 0.467. The highest BCUT2D eigenvalue weighted by Crippen LogP contribution is 2.34. The van der Waals surface area contributed by atoms with Gasteiger partial charge in [-0.25, -0.2) is 9.97 Å². The van der Waals surface area contributed by atoms with Gasteiger partial charge in [-0.15, -0.1) is 11.3 Å². The summed E-state index contributed by atoms with van der Waals surface area (Å²) in [4.78, 5) is 11.4. The van der Waals surface area contributed by atoms with Gasteiger partial charge in [0.15, 0.2) is 5.82 Å². The molecule has 2 aromatic rings. The van der Waals surface area contributed by atoms with Crippen LogP contribution in [0.3, 0.4) is 0 Å². The highest BCUT2D eigenvalue weighted by molar-refractivity contribution is 7.15. The summed E-state index contributed by atoms with van der Waals surface area (Å²) in [5.41, 5.74) is 1.18. The third-order valence-corrected chi connectivity index (χ3v) is 4.52. The van der Waals surface area contributed by atoms with Crippen molar-refractivity contribution in [3.8, 4) is 10.7 Å². The van der Waals surface area contributed by atoms with Crippen molar-refractivity contribution in [2.24, 2.45) is 0 Å². The van der Waals surface area contributed by atoms with Crippen LogP contribution in [0, 0.1) is 0 Å². The first-order valence-corrected chi connectivity index (χ1v) is 7.73. The zero-order valence-electron chi connectivity index (χ0n) is 11.8. The van der Waals surface area contributed by atoms with Crippen LogP contribution in [0.15, 0.2) is 18.2 Å². The second kappa shape index (κ2) is 5.59. The Bertz CT molecular complexity index is 570. The molecule has 4 heteroatoms. The normalized spacial score (nSPS) is 11.8. The largest absolute Gasteiger partial charge is 0.232 e. The van der Waals surface area contributed by atoms with Gasteiger partial charge in [0.25, 0.3) is 0 Å². The first-order valence-electron chi connectivity index (χ1n) is 6.54. The Morgan fingerprint density at radius 3 is 2.53 bits per heavy atom. The molecule has 0 saturated heterocycles. The molecule has 0 bridgehead atoms. The van der Waals surface area contributed by atoms with Gasteiger partial charge >= 0.3 is 0 Å². The van der Waals surface area contributed by atoms with Gasteiger partial charge in [-0.3, -0.25) is 0 Å². The standard InChI is InChI=1S/C15H19ClN2S/c1-5-6-10-9-13(16)18-14(17-10)11-7-8-12(19-11)15(2,3)4/h7-9H,5-6H2,1-4H3. The number of halogens is 1. The average molecular weight is 295 g/mol. The maximum absolute atomic E-state index is 6.09. The molecule has 0 fully saturated rings. The monoisotopic (exact) mass is 294 g/mol. The lowest BCUT2D eigenvalue weighted by Crippen LogP contribution is -2.07. The van der Waals surface area contributed by atoms with Gasteiger partial charge in [-0.2, -0.15) is 0 Å². The number of thiophene rings is 1. The summed E-state index contributed by atoms with van der Waals surface area (Å²) in [6.45, 7) is 8.77. The van der Waals surface area contributed by atoms with E-state index in [9.17, 15) is 0 Å². The lowest BCUT2D eigenvalue weighted by atomic mass is 9.95. The number of aryl methyl sites for hydroxylation is 1. The summed E-state index contributed by atoms with van der Waals surface area (Å²) in [6, 6.07) is 6.10. The molecule has 0 aliphatic carbocycles. The Morgan fingerprint density at radius 1 is 1.21 bits per heavy atom. The van der Waals surface area contributed by atoms with Gasteiger partial charge in [0, 0.05) is 10.6 Å². The smallest absolute Gasteiger partial charge is 0.171 e. The van der Waals surface area contributed by atoms with E-state index in [0.717, 1.165) is 29.2 Å². The predicted octanol–water partition coefficient (Wildman–Crippen LogP) is 5.11. The number of aromatic nitrogens is 2. The number of rotatable bonds is 3. The molecule has 2 heterocycles. The molecule has 0 amide bonds. The summed E-state index contributed by atoms with van der Waals surface area (Å²) < 4.78 is 0. The van der Waals surface area contributed by atoms with Gasteiger partial charge < -0.3 is 0 Å². The van der Waals surface area contributed by atoms with E-state index in [1.54, 1.807) is 11.3 Å². The van der Waals surface area contributed by atoms with Crippen LogP contribution in [0.2, 0.25) is 5.15 Å². The molecule has 0 radical (unpaired) electrons. The lowest BCUT2D eigenvalue weighted by Gasteiger charge is -2.15. The van der Waals surface area contributed by atoms with Crippen LogP contribution in [0.5, 0.6) is 0 Å². The topological polar surface area (TPSA) is 25.8 Å². The first-order chi connectivity index (χ1) is 8.90. The van der Waals surface area contributed by atoms with Crippen molar-refractivity contribution in [1.29, 1.82) is 0 Å². The zero-order chi connectivity index (χ0) is 14.0. The van der Waals surface area contributed by atoms with E-state index < -0.39 is 0 Å². The van der Waals surface area contributed by atoms with Gasteiger partial charge in [0.1, 0.15) is 5.15 Å². The van der Waals surface area contributed by atoms with Gasteiger partial charge in [0.05, 0.1) is 4.88 Å². The molecule has 0 unspecified atom stereocenters. The summed E-state index contributed by atoms with van der Waals surface area (Å²) in [6.07, 6.45) is 2.00. The van der Waals surface area contributed by atoms with Crippen LogP contribution < -0.4 is 0 Å². The van der Waals surface area contributed by atoms with Gasteiger partial charge in [-0.05, 0) is 30.0 Å². The molecule has 102 valence electrons. The predicted molar refractivity (Wildman–Crippen MR) is 83.1 cm³/mol. The molecular formula is C15H19ClN2S. The Balaban J connectivity index is 2.38. The summed E-state index contributed by atoms with van der Waals surface area (Å²) in [5.74, 6) is 0.747. The average Bonchev–Trinajstić information content (AvgIpc) is 2.77. The maximum atomic E-state index is 6.09. The minimum absolute atomic E-state index is 0.160. The maximum Gasteiger partial charge on any atom is 0.171 e. The van der Waals surface area contributed by atoms with Crippen molar-refractivity contribution in [3.05, 3.63) is 33.9 Å². The molecule has 19 heavy (non-hydrogen) atoms. The van der Waals surface area contributed by atoms with Crippen LogP contribution in [0.4, 0.5) is 0 Å². The molecule has 0 aromatic carbocycles. The van der Waals surface area contributed by atoms with Crippen molar-refractivity contribution >= 4 is 22.9 Å². The third-order valence-electron chi connectivity index (χ3n) is 2.82. The van der Waals surface area contributed by atoms with Crippen molar-refractivity contribution < 1.29 is 0 Å². The Kier molecular flexibility index (Phi) is 4.26. The minimum Gasteiger partial charge on any atom is -0.232 e. The van der Waals surface area contributed by atoms with Crippen molar-refractivity contribution in [2.45, 2.75) is 46.0 Å². The molecule has 0 spiro atoms. The van der Waals surface area contributed by atoms with E-state index in [1.165, 1.54) is 4.88 Å². The van der Waals surface area contributed by atoms with Crippen LogP contribution in [0.25, 0.3) is 10.7 Å². The Labute approximate surface area is 123 Å². The van der Waals surface area contributed by atoms with Gasteiger partial charge in [0.2, 0.25) is 0 Å². The highest BCUT2D eigenvalue weighted by Gasteiger charge is 2.17. The SMILES string of the molecule is CCCc1cc(Cl)nc(-c2ccc(C(C)(C)C)s2)n1. The first kappa shape index (κ1) is 14.5. The molecule has 2 nitrogen and oxygen atoms in total. The molecule has 0 aliphatic heterocycles. The van der Waals surface area contributed by atoms with Crippen molar-refractivity contribution in [3.63, 3.8) is 0 Å². The van der Waals surface area contributed by atoms with E-state index in [4.69, 9.17) is 11.6 Å². The van der Waals surface area contributed by atoms with E-state index in [2.05, 4.69) is 49.8 Å². The summed E-state index contributed by atoms with van der Waals surface area (Å²) in [5, 5.41) is 0.527. The highest BCUT2D eigenvalue weighted by atomic mass is 35.5. The molecule has 0 saturated carbocycles. The summed E-state index contributed by atoms with van der Waals surface area (Å²) >= 11 is 7.83. The van der Waals surface area contributed by atoms with Crippen molar-refractivity contribution in [1.82, 2.24) is 9.97 Å². The van der Waals surface area contributed by atoms with E-state index >= 15 is 0 Å². The van der Waals surface area contributed by atoms with Crippen molar-refractivity contribution in [2.75, 3.05) is 0 Å². The van der Waals surface area contributed by atoms with Crippen LogP contribution in [-0.4, -0.2) is 9.97 Å². The molecule has 0 aliphatic rings.